The van der Waals surface area contributed by atoms with E-state index in [9.17, 15) is 8.42 Å². The predicted molar refractivity (Wildman–Crippen MR) is 61.9 cm³/mol. The van der Waals surface area contributed by atoms with Crippen LogP contribution >= 0.6 is 0 Å². The highest BCUT2D eigenvalue weighted by Crippen LogP contribution is 2.18. The highest BCUT2D eigenvalue weighted by Gasteiger charge is 2.26. The van der Waals surface area contributed by atoms with Crippen LogP contribution in [0.4, 0.5) is 0 Å². The lowest BCUT2D eigenvalue weighted by molar-refractivity contribution is 0.382. The third-order valence-corrected chi connectivity index (χ3v) is 4.74. The summed E-state index contributed by atoms with van der Waals surface area (Å²) in [7, 11) is -2.84. The Bertz CT molecular complexity index is 424. The van der Waals surface area contributed by atoms with Gasteiger partial charge in [0.25, 0.3) is 0 Å². The molecule has 1 aliphatic heterocycles. The van der Waals surface area contributed by atoms with E-state index in [0.717, 1.165) is 18.6 Å². The zero-order chi connectivity index (χ0) is 11.6. The van der Waals surface area contributed by atoms with E-state index in [1.165, 1.54) is 0 Å². The Morgan fingerprint density at radius 2 is 2.38 bits per heavy atom. The van der Waals surface area contributed by atoms with Crippen LogP contribution in [-0.2, 0) is 9.84 Å². The van der Waals surface area contributed by atoms with Crippen LogP contribution in [-0.4, -0.2) is 26.0 Å². The van der Waals surface area contributed by atoms with Crippen molar-refractivity contribution in [2.24, 2.45) is 0 Å². The summed E-state index contributed by atoms with van der Waals surface area (Å²) in [6, 6.07) is 3.85. The summed E-state index contributed by atoms with van der Waals surface area (Å²) < 4.78 is 28.2. The number of hydrogen-bond acceptors (Lipinski definition) is 4. The fraction of sp³-hybridized carbons (Fsp3) is 0.636. The van der Waals surface area contributed by atoms with Gasteiger partial charge < -0.3 is 9.73 Å². The molecule has 0 bridgehead atoms. The first kappa shape index (κ1) is 11.7. The minimum Gasteiger partial charge on any atom is -0.468 e. The monoisotopic (exact) mass is 243 g/mol. The molecule has 1 aliphatic rings. The second-order valence-corrected chi connectivity index (χ2v) is 6.59. The van der Waals surface area contributed by atoms with Gasteiger partial charge in [0.05, 0.1) is 23.8 Å². The van der Waals surface area contributed by atoms with Gasteiger partial charge in [-0.15, -0.1) is 0 Å². The molecular weight excluding hydrogens is 226 g/mol. The normalized spacial score (nSPS) is 26.4. The van der Waals surface area contributed by atoms with Crippen LogP contribution in [0.25, 0.3) is 0 Å². The summed E-state index contributed by atoms with van der Waals surface area (Å²) in [5.74, 6) is 1.43. The van der Waals surface area contributed by atoms with E-state index in [2.05, 4.69) is 5.32 Å². The molecule has 16 heavy (non-hydrogen) atoms. The van der Waals surface area contributed by atoms with Gasteiger partial charge in [0.2, 0.25) is 0 Å². The standard InChI is InChI=1S/C11H17NO3S/c1-9(11-5-2-6-15-11)12-10-4-3-7-16(13,14)8-10/h2,5-6,9-10,12H,3-4,7-8H2,1H3/t9-,10?/m1/s1. The Morgan fingerprint density at radius 3 is 3.00 bits per heavy atom. The van der Waals surface area contributed by atoms with E-state index in [1.54, 1.807) is 6.26 Å². The predicted octanol–water partition coefficient (Wildman–Crippen LogP) is 1.51. The average Bonchev–Trinajstić information content (AvgIpc) is 2.68. The zero-order valence-electron chi connectivity index (χ0n) is 9.35. The Morgan fingerprint density at radius 1 is 1.56 bits per heavy atom. The average molecular weight is 243 g/mol. The number of nitrogens with one attached hydrogen (secondary N) is 1. The van der Waals surface area contributed by atoms with Crippen molar-refractivity contribution in [3.63, 3.8) is 0 Å². The highest BCUT2D eigenvalue weighted by molar-refractivity contribution is 7.91. The van der Waals surface area contributed by atoms with Gasteiger partial charge >= 0.3 is 0 Å². The lowest BCUT2D eigenvalue weighted by Crippen LogP contribution is -2.41. The molecule has 1 aromatic heterocycles. The maximum atomic E-state index is 11.5. The van der Waals surface area contributed by atoms with Crippen molar-refractivity contribution in [1.82, 2.24) is 5.32 Å². The van der Waals surface area contributed by atoms with E-state index in [0.29, 0.717) is 5.75 Å². The molecular formula is C11H17NO3S. The summed E-state index contributed by atoms with van der Waals surface area (Å²) in [5.41, 5.74) is 0. The Labute approximate surface area is 95.9 Å². The van der Waals surface area contributed by atoms with Crippen LogP contribution in [0.3, 0.4) is 0 Å². The fourth-order valence-electron chi connectivity index (χ4n) is 2.13. The quantitative estimate of drug-likeness (QED) is 0.874. The molecule has 1 unspecified atom stereocenters. The molecule has 1 N–H and O–H groups in total. The Kier molecular flexibility index (Phi) is 3.35. The van der Waals surface area contributed by atoms with Crippen LogP contribution in [0, 0.1) is 0 Å². The molecule has 2 atom stereocenters. The Balaban J connectivity index is 1.95. The largest absolute Gasteiger partial charge is 0.468 e. The molecule has 90 valence electrons. The molecule has 5 heteroatoms. The van der Waals surface area contributed by atoms with E-state index in [4.69, 9.17) is 4.42 Å². The summed E-state index contributed by atoms with van der Waals surface area (Å²) in [6.07, 6.45) is 3.31. The third-order valence-electron chi connectivity index (χ3n) is 2.92. The minimum atomic E-state index is -2.84. The van der Waals surface area contributed by atoms with Crippen LogP contribution in [0.1, 0.15) is 31.6 Å². The lowest BCUT2D eigenvalue weighted by atomic mass is 10.1. The van der Waals surface area contributed by atoms with E-state index >= 15 is 0 Å². The molecule has 0 aromatic carbocycles. The van der Waals surface area contributed by atoms with E-state index < -0.39 is 9.84 Å². The van der Waals surface area contributed by atoms with Gasteiger partial charge in [0, 0.05) is 6.04 Å². The van der Waals surface area contributed by atoms with Crippen molar-refractivity contribution in [3.8, 4) is 0 Å². The number of rotatable bonds is 3. The molecule has 4 nitrogen and oxygen atoms in total. The van der Waals surface area contributed by atoms with Crippen LogP contribution < -0.4 is 5.32 Å². The first-order chi connectivity index (χ1) is 7.57. The smallest absolute Gasteiger partial charge is 0.151 e. The van der Waals surface area contributed by atoms with Gasteiger partial charge in [-0.05, 0) is 31.9 Å². The summed E-state index contributed by atoms with van der Waals surface area (Å²) in [4.78, 5) is 0. The summed E-state index contributed by atoms with van der Waals surface area (Å²) in [5, 5.41) is 3.30. The SMILES string of the molecule is C[C@@H](NC1CCCS(=O)(=O)C1)c1ccco1. The van der Waals surface area contributed by atoms with Gasteiger partial charge in [-0.1, -0.05) is 0 Å². The van der Waals surface area contributed by atoms with Gasteiger partial charge in [-0.3, -0.25) is 0 Å². The molecule has 1 fully saturated rings. The lowest BCUT2D eigenvalue weighted by Gasteiger charge is -2.25. The van der Waals surface area contributed by atoms with Crippen molar-refractivity contribution >= 4 is 9.84 Å². The molecule has 2 rings (SSSR count). The van der Waals surface area contributed by atoms with Crippen LogP contribution in [0.2, 0.25) is 0 Å². The summed E-state index contributed by atoms with van der Waals surface area (Å²) in [6.45, 7) is 1.99. The zero-order valence-corrected chi connectivity index (χ0v) is 10.2. The molecule has 0 radical (unpaired) electrons. The first-order valence-electron chi connectivity index (χ1n) is 5.57. The highest BCUT2D eigenvalue weighted by atomic mass is 32.2. The molecule has 0 spiro atoms. The fourth-order valence-corrected chi connectivity index (χ4v) is 3.78. The molecule has 1 saturated heterocycles. The molecule has 2 heterocycles. The van der Waals surface area contributed by atoms with E-state index in [-0.39, 0.29) is 17.8 Å². The van der Waals surface area contributed by atoms with Crippen molar-refractivity contribution < 1.29 is 12.8 Å². The Hall–Kier alpha value is -0.810. The van der Waals surface area contributed by atoms with Gasteiger partial charge in [0.1, 0.15) is 5.76 Å². The van der Waals surface area contributed by atoms with Crippen LogP contribution in [0.5, 0.6) is 0 Å². The molecule has 0 saturated carbocycles. The second-order valence-electron chi connectivity index (χ2n) is 4.36. The molecule has 0 aliphatic carbocycles. The molecule has 0 amide bonds. The number of furan rings is 1. The van der Waals surface area contributed by atoms with Gasteiger partial charge in [0.15, 0.2) is 9.84 Å². The third kappa shape index (κ3) is 2.86. The van der Waals surface area contributed by atoms with Crippen molar-refractivity contribution in [2.75, 3.05) is 11.5 Å². The maximum Gasteiger partial charge on any atom is 0.151 e. The van der Waals surface area contributed by atoms with E-state index in [1.807, 2.05) is 19.1 Å². The van der Waals surface area contributed by atoms with Crippen molar-refractivity contribution in [3.05, 3.63) is 24.2 Å². The van der Waals surface area contributed by atoms with Gasteiger partial charge in [-0.2, -0.15) is 0 Å². The number of sulfone groups is 1. The topological polar surface area (TPSA) is 59.3 Å². The minimum absolute atomic E-state index is 0.0545. The summed E-state index contributed by atoms with van der Waals surface area (Å²) >= 11 is 0. The van der Waals surface area contributed by atoms with Crippen molar-refractivity contribution in [2.45, 2.75) is 31.8 Å². The maximum absolute atomic E-state index is 11.5. The van der Waals surface area contributed by atoms with Crippen LogP contribution in [0.15, 0.2) is 22.8 Å². The number of hydrogen-bond donors (Lipinski definition) is 1. The van der Waals surface area contributed by atoms with Crippen molar-refractivity contribution in [1.29, 1.82) is 0 Å². The van der Waals surface area contributed by atoms with Gasteiger partial charge in [-0.25, -0.2) is 8.42 Å². The first-order valence-corrected chi connectivity index (χ1v) is 7.39. The second kappa shape index (κ2) is 4.59. The molecule has 1 aromatic rings.